The van der Waals surface area contributed by atoms with Crippen LogP contribution >= 0.6 is 31.9 Å². The van der Waals surface area contributed by atoms with Crippen LogP contribution in [0, 0.1) is 0 Å². The summed E-state index contributed by atoms with van der Waals surface area (Å²) in [6, 6.07) is 6.36. The number of rotatable bonds is 6. The second kappa shape index (κ2) is 7.04. The molecule has 2 nitrogen and oxygen atoms in total. The van der Waals surface area contributed by atoms with E-state index in [2.05, 4.69) is 50.2 Å². The predicted molar refractivity (Wildman–Crippen MR) is 83.8 cm³/mol. The molecule has 0 saturated carbocycles. The van der Waals surface area contributed by atoms with Crippen LogP contribution in [0.25, 0.3) is 0 Å². The Balaban J connectivity index is 2.68. The number of halogens is 2. The summed E-state index contributed by atoms with van der Waals surface area (Å²) in [7, 11) is 0. The second-order valence-corrected chi connectivity index (χ2v) is 6.47. The van der Waals surface area contributed by atoms with Crippen molar-refractivity contribution in [3.05, 3.63) is 32.7 Å². The van der Waals surface area contributed by atoms with Crippen LogP contribution in [0.1, 0.15) is 45.2 Å². The summed E-state index contributed by atoms with van der Waals surface area (Å²) in [6.07, 6.45) is 1.54. The molecule has 1 rings (SSSR count). The highest BCUT2D eigenvalue weighted by Gasteiger charge is 2.23. The minimum Gasteiger partial charge on any atom is -0.389 e. The Morgan fingerprint density at radius 1 is 1.28 bits per heavy atom. The van der Waals surface area contributed by atoms with Crippen molar-refractivity contribution >= 4 is 31.9 Å². The molecule has 1 atom stereocenters. The SMILES string of the molecule is CCC(O)(CC)CNC(C)c1ccc(Br)cc1Br. The summed E-state index contributed by atoms with van der Waals surface area (Å²) in [6.45, 7) is 6.76. The maximum Gasteiger partial charge on any atom is 0.0766 e. The van der Waals surface area contributed by atoms with Crippen molar-refractivity contribution in [3.8, 4) is 0 Å². The zero-order valence-electron chi connectivity index (χ0n) is 11.1. The van der Waals surface area contributed by atoms with E-state index in [1.54, 1.807) is 0 Å². The first-order valence-electron chi connectivity index (χ1n) is 6.32. The van der Waals surface area contributed by atoms with Gasteiger partial charge in [-0.2, -0.15) is 0 Å². The largest absolute Gasteiger partial charge is 0.389 e. The smallest absolute Gasteiger partial charge is 0.0766 e. The molecule has 0 heterocycles. The van der Waals surface area contributed by atoms with Crippen LogP contribution in [0.3, 0.4) is 0 Å². The fraction of sp³-hybridized carbons (Fsp3) is 0.571. The van der Waals surface area contributed by atoms with E-state index < -0.39 is 5.60 Å². The van der Waals surface area contributed by atoms with Crippen LogP contribution in [-0.2, 0) is 0 Å². The Labute approximate surface area is 126 Å². The third-order valence-electron chi connectivity index (χ3n) is 3.48. The molecule has 1 unspecified atom stereocenters. The number of nitrogens with one attached hydrogen (secondary N) is 1. The van der Waals surface area contributed by atoms with Gasteiger partial charge in [0.15, 0.2) is 0 Å². The van der Waals surface area contributed by atoms with Gasteiger partial charge in [-0.25, -0.2) is 0 Å². The fourth-order valence-electron chi connectivity index (χ4n) is 1.81. The lowest BCUT2D eigenvalue weighted by atomic mass is 9.96. The number of hydrogen-bond acceptors (Lipinski definition) is 2. The lowest BCUT2D eigenvalue weighted by Crippen LogP contribution is -2.40. The molecule has 2 N–H and O–H groups in total. The van der Waals surface area contributed by atoms with E-state index in [-0.39, 0.29) is 6.04 Å². The quantitative estimate of drug-likeness (QED) is 0.768. The van der Waals surface area contributed by atoms with Crippen molar-refractivity contribution in [2.75, 3.05) is 6.54 Å². The summed E-state index contributed by atoms with van der Waals surface area (Å²) >= 11 is 7.02. The molecular weight excluding hydrogens is 358 g/mol. The van der Waals surface area contributed by atoms with Gasteiger partial charge in [0.1, 0.15) is 0 Å². The fourth-order valence-corrected chi connectivity index (χ4v) is 3.20. The first kappa shape index (κ1) is 16.2. The van der Waals surface area contributed by atoms with E-state index in [4.69, 9.17) is 0 Å². The topological polar surface area (TPSA) is 32.3 Å². The van der Waals surface area contributed by atoms with Gasteiger partial charge in [-0.05, 0) is 37.5 Å². The molecule has 1 aromatic rings. The number of benzene rings is 1. The third kappa shape index (κ3) is 4.34. The summed E-state index contributed by atoms with van der Waals surface area (Å²) in [5, 5.41) is 13.7. The highest BCUT2D eigenvalue weighted by molar-refractivity contribution is 9.11. The van der Waals surface area contributed by atoms with Gasteiger partial charge >= 0.3 is 0 Å². The monoisotopic (exact) mass is 377 g/mol. The number of hydrogen-bond donors (Lipinski definition) is 2. The second-order valence-electron chi connectivity index (χ2n) is 4.70. The molecule has 0 amide bonds. The summed E-state index contributed by atoms with van der Waals surface area (Å²) in [5.74, 6) is 0. The third-order valence-corrected chi connectivity index (χ3v) is 4.66. The molecule has 102 valence electrons. The molecule has 0 saturated heterocycles. The average molecular weight is 379 g/mol. The molecule has 0 radical (unpaired) electrons. The zero-order chi connectivity index (χ0) is 13.8. The van der Waals surface area contributed by atoms with Crippen LogP contribution in [0.4, 0.5) is 0 Å². The molecule has 0 aromatic heterocycles. The first-order valence-corrected chi connectivity index (χ1v) is 7.91. The highest BCUT2D eigenvalue weighted by atomic mass is 79.9. The van der Waals surface area contributed by atoms with Crippen LogP contribution < -0.4 is 5.32 Å². The van der Waals surface area contributed by atoms with Crippen molar-refractivity contribution in [2.45, 2.75) is 45.3 Å². The molecule has 4 heteroatoms. The van der Waals surface area contributed by atoms with Crippen LogP contribution in [0.5, 0.6) is 0 Å². The van der Waals surface area contributed by atoms with Gasteiger partial charge in [0.05, 0.1) is 5.60 Å². The Hall–Kier alpha value is 0.1000. The Bertz CT molecular complexity index is 391. The van der Waals surface area contributed by atoms with Crippen molar-refractivity contribution in [3.63, 3.8) is 0 Å². The lowest BCUT2D eigenvalue weighted by molar-refractivity contribution is 0.0303. The summed E-state index contributed by atoms with van der Waals surface area (Å²) in [5.41, 5.74) is 0.601. The van der Waals surface area contributed by atoms with Gasteiger partial charge in [0, 0.05) is 21.5 Å². The Morgan fingerprint density at radius 3 is 2.39 bits per heavy atom. The first-order chi connectivity index (χ1) is 8.41. The van der Waals surface area contributed by atoms with Crippen molar-refractivity contribution in [1.82, 2.24) is 5.32 Å². The molecular formula is C14H21Br2NO. The maximum atomic E-state index is 10.3. The van der Waals surface area contributed by atoms with E-state index in [0.717, 1.165) is 21.8 Å². The minimum atomic E-state index is -0.601. The van der Waals surface area contributed by atoms with Crippen molar-refractivity contribution in [1.29, 1.82) is 0 Å². The molecule has 18 heavy (non-hydrogen) atoms. The van der Waals surface area contributed by atoms with E-state index >= 15 is 0 Å². The minimum absolute atomic E-state index is 0.206. The van der Waals surface area contributed by atoms with Gasteiger partial charge in [0.2, 0.25) is 0 Å². The van der Waals surface area contributed by atoms with Gasteiger partial charge in [-0.15, -0.1) is 0 Å². The predicted octanol–water partition coefficient (Wildman–Crippen LogP) is 4.41. The normalized spacial score (nSPS) is 13.7. The van der Waals surface area contributed by atoms with Crippen LogP contribution in [-0.4, -0.2) is 17.3 Å². The summed E-state index contributed by atoms with van der Waals surface area (Å²) in [4.78, 5) is 0. The van der Waals surface area contributed by atoms with E-state index in [9.17, 15) is 5.11 Å². The Morgan fingerprint density at radius 2 is 1.89 bits per heavy atom. The molecule has 0 spiro atoms. The standard InChI is InChI=1S/C14H21Br2NO/c1-4-14(18,5-2)9-17-10(3)12-7-6-11(15)8-13(12)16/h6-8,10,17-18H,4-5,9H2,1-3H3. The van der Waals surface area contributed by atoms with Gasteiger partial charge < -0.3 is 10.4 Å². The maximum absolute atomic E-state index is 10.3. The Kier molecular flexibility index (Phi) is 6.31. The lowest BCUT2D eigenvalue weighted by Gasteiger charge is -2.28. The van der Waals surface area contributed by atoms with Gasteiger partial charge in [-0.3, -0.25) is 0 Å². The van der Waals surface area contributed by atoms with E-state index in [1.165, 1.54) is 5.56 Å². The van der Waals surface area contributed by atoms with Crippen LogP contribution in [0.2, 0.25) is 0 Å². The molecule has 0 aliphatic heterocycles. The molecule has 0 fully saturated rings. The molecule has 1 aromatic carbocycles. The number of aliphatic hydroxyl groups is 1. The molecule has 0 bridgehead atoms. The van der Waals surface area contributed by atoms with E-state index in [1.807, 2.05) is 26.0 Å². The molecule has 0 aliphatic rings. The van der Waals surface area contributed by atoms with Gasteiger partial charge in [-0.1, -0.05) is 51.8 Å². The summed E-state index contributed by atoms with van der Waals surface area (Å²) < 4.78 is 2.14. The van der Waals surface area contributed by atoms with Gasteiger partial charge in [0.25, 0.3) is 0 Å². The van der Waals surface area contributed by atoms with Crippen molar-refractivity contribution < 1.29 is 5.11 Å². The molecule has 0 aliphatic carbocycles. The average Bonchev–Trinajstić information content (AvgIpc) is 2.35. The zero-order valence-corrected chi connectivity index (χ0v) is 14.3. The van der Waals surface area contributed by atoms with Crippen LogP contribution in [0.15, 0.2) is 27.1 Å². The highest BCUT2D eigenvalue weighted by Crippen LogP contribution is 2.27. The van der Waals surface area contributed by atoms with Crippen molar-refractivity contribution in [2.24, 2.45) is 0 Å². The van der Waals surface area contributed by atoms with E-state index in [0.29, 0.717) is 6.54 Å².